The van der Waals surface area contributed by atoms with Gasteiger partial charge in [0.2, 0.25) is 5.91 Å². The van der Waals surface area contributed by atoms with Gasteiger partial charge in [-0.3, -0.25) is 4.79 Å². The maximum absolute atomic E-state index is 11.9. The van der Waals surface area contributed by atoms with Gasteiger partial charge in [-0.1, -0.05) is 60.1 Å². The van der Waals surface area contributed by atoms with Crippen molar-refractivity contribution in [2.45, 2.75) is 6.10 Å². The lowest BCUT2D eigenvalue weighted by molar-refractivity contribution is -0.117. The van der Waals surface area contributed by atoms with Gasteiger partial charge in [0.15, 0.2) is 0 Å². The van der Waals surface area contributed by atoms with E-state index in [2.05, 4.69) is 5.32 Å². The first kappa shape index (κ1) is 16.3. The normalized spacial score (nSPS) is 12.3. The molecule has 4 heteroatoms. The summed E-state index contributed by atoms with van der Waals surface area (Å²) in [6.07, 6.45) is 3.00. The summed E-state index contributed by atoms with van der Waals surface area (Å²) in [7, 11) is 1.60. The molecule has 2 aromatic carbocycles. The Balaban J connectivity index is 1.92. The van der Waals surface area contributed by atoms with Crippen LogP contribution in [0.2, 0.25) is 5.02 Å². The molecule has 0 radical (unpaired) electrons. The molecule has 22 heavy (non-hydrogen) atoms. The first-order valence-corrected chi connectivity index (χ1v) is 7.36. The summed E-state index contributed by atoms with van der Waals surface area (Å²) in [6.45, 7) is 0.359. The van der Waals surface area contributed by atoms with E-state index in [1.165, 1.54) is 6.08 Å². The van der Waals surface area contributed by atoms with Gasteiger partial charge in [-0.2, -0.15) is 0 Å². The zero-order chi connectivity index (χ0) is 15.8. The van der Waals surface area contributed by atoms with Crippen molar-refractivity contribution in [1.29, 1.82) is 0 Å². The van der Waals surface area contributed by atoms with Crippen LogP contribution in [0.5, 0.6) is 0 Å². The fourth-order valence-electron chi connectivity index (χ4n) is 2.04. The summed E-state index contributed by atoms with van der Waals surface area (Å²) >= 11 is 6.15. The summed E-state index contributed by atoms with van der Waals surface area (Å²) in [5, 5.41) is 3.45. The smallest absolute Gasteiger partial charge is 0.244 e. The molecule has 1 N–H and O–H groups in total. The number of ether oxygens (including phenoxy) is 1. The molecule has 2 rings (SSSR count). The van der Waals surface area contributed by atoms with Gasteiger partial charge in [0.1, 0.15) is 6.10 Å². The SMILES string of the molecule is CO[C@H](CNC(=O)/C=C/c1ccccc1)c1ccccc1Cl. The Labute approximate surface area is 135 Å². The first-order chi connectivity index (χ1) is 10.7. The van der Waals surface area contributed by atoms with E-state index >= 15 is 0 Å². The topological polar surface area (TPSA) is 38.3 Å². The molecule has 114 valence electrons. The molecule has 0 spiro atoms. The van der Waals surface area contributed by atoms with E-state index in [4.69, 9.17) is 16.3 Å². The van der Waals surface area contributed by atoms with Gasteiger partial charge in [0, 0.05) is 30.3 Å². The molecular formula is C18H18ClNO2. The van der Waals surface area contributed by atoms with Crippen LogP contribution < -0.4 is 5.32 Å². The third kappa shape index (κ3) is 4.72. The molecule has 1 amide bonds. The Morgan fingerprint density at radius 2 is 1.86 bits per heavy atom. The summed E-state index contributed by atoms with van der Waals surface area (Å²) < 4.78 is 5.41. The highest BCUT2D eigenvalue weighted by Crippen LogP contribution is 2.24. The van der Waals surface area contributed by atoms with Crippen LogP contribution in [0.3, 0.4) is 0 Å². The van der Waals surface area contributed by atoms with E-state index in [0.29, 0.717) is 11.6 Å². The number of halogens is 1. The molecule has 0 aliphatic rings. The number of rotatable bonds is 6. The molecule has 0 aliphatic heterocycles. The van der Waals surface area contributed by atoms with Gasteiger partial charge in [0.25, 0.3) is 0 Å². The van der Waals surface area contributed by atoms with Crippen LogP contribution in [-0.4, -0.2) is 19.6 Å². The van der Waals surface area contributed by atoms with E-state index in [1.807, 2.05) is 48.5 Å². The van der Waals surface area contributed by atoms with Crippen LogP contribution in [-0.2, 0) is 9.53 Å². The van der Waals surface area contributed by atoms with E-state index in [0.717, 1.165) is 11.1 Å². The maximum atomic E-state index is 11.9. The van der Waals surface area contributed by atoms with E-state index in [-0.39, 0.29) is 12.0 Å². The molecule has 0 aliphatic carbocycles. The van der Waals surface area contributed by atoms with Crippen LogP contribution in [0, 0.1) is 0 Å². The molecule has 0 unspecified atom stereocenters. The highest BCUT2D eigenvalue weighted by atomic mass is 35.5. The molecule has 0 fully saturated rings. The van der Waals surface area contributed by atoms with Gasteiger partial charge in [-0.05, 0) is 17.7 Å². The summed E-state index contributed by atoms with van der Waals surface area (Å²) in [4.78, 5) is 11.9. The Morgan fingerprint density at radius 1 is 1.18 bits per heavy atom. The molecule has 1 atom stereocenters. The summed E-state index contributed by atoms with van der Waals surface area (Å²) in [6, 6.07) is 17.1. The predicted octanol–water partition coefficient (Wildman–Crippen LogP) is 3.86. The van der Waals surface area contributed by atoms with Crippen molar-refractivity contribution < 1.29 is 9.53 Å². The number of carbonyl (C=O) groups is 1. The fourth-order valence-corrected chi connectivity index (χ4v) is 2.30. The minimum atomic E-state index is -0.275. The number of hydrogen-bond acceptors (Lipinski definition) is 2. The van der Waals surface area contributed by atoms with Crippen molar-refractivity contribution in [3.05, 3.63) is 76.8 Å². The standard InChI is InChI=1S/C18H18ClNO2/c1-22-17(15-9-5-6-10-16(15)19)13-20-18(21)12-11-14-7-3-2-4-8-14/h2-12,17H,13H2,1H3,(H,20,21)/b12-11+/t17-/m1/s1. The quantitative estimate of drug-likeness (QED) is 0.822. The molecule has 0 heterocycles. The third-order valence-corrected chi connectivity index (χ3v) is 3.57. The predicted molar refractivity (Wildman–Crippen MR) is 89.7 cm³/mol. The number of amides is 1. The average molecular weight is 316 g/mol. The number of carbonyl (C=O) groups excluding carboxylic acids is 1. The van der Waals surface area contributed by atoms with E-state index in [9.17, 15) is 4.79 Å². The van der Waals surface area contributed by atoms with Gasteiger partial charge >= 0.3 is 0 Å². The average Bonchev–Trinajstić information content (AvgIpc) is 2.56. The zero-order valence-electron chi connectivity index (χ0n) is 12.3. The van der Waals surface area contributed by atoms with Gasteiger partial charge in [-0.25, -0.2) is 0 Å². The minimum Gasteiger partial charge on any atom is -0.375 e. The zero-order valence-corrected chi connectivity index (χ0v) is 13.1. The number of nitrogens with one attached hydrogen (secondary N) is 1. The monoisotopic (exact) mass is 315 g/mol. The third-order valence-electron chi connectivity index (χ3n) is 3.23. The van der Waals surface area contributed by atoms with Crippen LogP contribution in [0.1, 0.15) is 17.2 Å². The molecular weight excluding hydrogens is 298 g/mol. The van der Waals surface area contributed by atoms with Gasteiger partial charge in [0.05, 0.1) is 0 Å². The summed E-state index contributed by atoms with van der Waals surface area (Å²) in [5.41, 5.74) is 1.84. The largest absolute Gasteiger partial charge is 0.375 e. The van der Waals surface area contributed by atoms with Crippen molar-refractivity contribution in [2.75, 3.05) is 13.7 Å². The summed E-state index contributed by atoms with van der Waals surface area (Å²) in [5.74, 6) is -0.169. The molecule has 0 bridgehead atoms. The van der Waals surface area contributed by atoms with Crippen LogP contribution >= 0.6 is 11.6 Å². The Bertz CT molecular complexity index is 641. The Kier molecular flexibility index (Phi) is 6.19. The van der Waals surface area contributed by atoms with Crippen LogP contribution in [0.15, 0.2) is 60.7 Å². The van der Waals surface area contributed by atoms with Crippen molar-refractivity contribution in [1.82, 2.24) is 5.32 Å². The van der Waals surface area contributed by atoms with Crippen molar-refractivity contribution in [3.8, 4) is 0 Å². The molecule has 0 saturated carbocycles. The first-order valence-electron chi connectivity index (χ1n) is 6.99. The Hall–Kier alpha value is -2.10. The number of benzene rings is 2. The van der Waals surface area contributed by atoms with Crippen LogP contribution in [0.25, 0.3) is 6.08 Å². The number of hydrogen-bond donors (Lipinski definition) is 1. The minimum absolute atomic E-state index is 0.169. The fraction of sp³-hybridized carbons (Fsp3) is 0.167. The second kappa shape index (κ2) is 8.37. The van der Waals surface area contributed by atoms with Crippen molar-refractivity contribution in [3.63, 3.8) is 0 Å². The lowest BCUT2D eigenvalue weighted by atomic mass is 10.1. The lowest BCUT2D eigenvalue weighted by Crippen LogP contribution is -2.27. The Morgan fingerprint density at radius 3 is 2.55 bits per heavy atom. The molecule has 2 aromatic rings. The molecule has 3 nitrogen and oxygen atoms in total. The number of methoxy groups -OCH3 is 1. The highest BCUT2D eigenvalue weighted by Gasteiger charge is 2.14. The van der Waals surface area contributed by atoms with Gasteiger partial charge < -0.3 is 10.1 Å². The molecule has 0 saturated heterocycles. The van der Waals surface area contributed by atoms with E-state index in [1.54, 1.807) is 19.3 Å². The van der Waals surface area contributed by atoms with Crippen LogP contribution in [0.4, 0.5) is 0 Å². The second-order valence-corrected chi connectivity index (χ2v) is 5.14. The molecule has 0 aromatic heterocycles. The second-order valence-electron chi connectivity index (χ2n) is 4.74. The maximum Gasteiger partial charge on any atom is 0.244 e. The van der Waals surface area contributed by atoms with E-state index < -0.39 is 0 Å². The highest BCUT2D eigenvalue weighted by molar-refractivity contribution is 6.31. The van der Waals surface area contributed by atoms with Crippen molar-refractivity contribution >= 4 is 23.6 Å². The van der Waals surface area contributed by atoms with Gasteiger partial charge in [-0.15, -0.1) is 0 Å². The van der Waals surface area contributed by atoms with Crippen molar-refractivity contribution in [2.24, 2.45) is 0 Å². The lowest BCUT2D eigenvalue weighted by Gasteiger charge is -2.17.